The zero-order valence-electron chi connectivity index (χ0n) is 21.7. The normalized spacial score (nSPS) is 10.6. The summed E-state index contributed by atoms with van der Waals surface area (Å²) in [6.45, 7) is -0.609. The van der Waals surface area contributed by atoms with Crippen LogP contribution in [0.25, 0.3) is 21.5 Å². The lowest BCUT2D eigenvalue weighted by Gasteiger charge is -2.12. The standard InChI is InChI=1S/C29H26Br2N4O6/c30-28-20-8-3-1-6-18(20)12-14-22(28)40-16-26(38)34-32-24(36)10-5-11-25(37)33-35-27(39)17-41-23-15-13-19-7-2-4-9-21(19)29(23)31/h1-4,6-9,12-15H,5,10-11,16-17H2,(H,32,36)(H,33,37)(H,34,38)(H,35,39). The molecule has 0 saturated carbocycles. The van der Waals surface area contributed by atoms with Crippen molar-refractivity contribution in [1.29, 1.82) is 0 Å². The van der Waals surface area contributed by atoms with Gasteiger partial charge in [0.15, 0.2) is 13.2 Å². The van der Waals surface area contributed by atoms with Crippen LogP contribution < -0.4 is 31.2 Å². The van der Waals surface area contributed by atoms with Crippen molar-refractivity contribution in [3.8, 4) is 11.5 Å². The summed E-state index contributed by atoms with van der Waals surface area (Å²) in [6.07, 6.45) is 0.167. The quantitative estimate of drug-likeness (QED) is 0.182. The molecule has 0 fully saturated rings. The van der Waals surface area contributed by atoms with Crippen molar-refractivity contribution in [3.05, 3.63) is 81.7 Å². The molecule has 0 heterocycles. The summed E-state index contributed by atoms with van der Waals surface area (Å²) in [4.78, 5) is 48.1. The minimum atomic E-state index is -0.545. The predicted octanol–water partition coefficient (Wildman–Crippen LogP) is 4.44. The van der Waals surface area contributed by atoms with Crippen molar-refractivity contribution < 1.29 is 28.7 Å². The van der Waals surface area contributed by atoms with Gasteiger partial charge in [-0.2, -0.15) is 0 Å². The second-order valence-corrected chi connectivity index (χ2v) is 10.4. The Morgan fingerprint density at radius 3 is 1.37 bits per heavy atom. The maximum Gasteiger partial charge on any atom is 0.276 e. The second-order valence-electron chi connectivity index (χ2n) is 8.82. The molecule has 41 heavy (non-hydrogen) atoms. The van der Waals surface area contributed by atoms with E-state index in [0.29, 0.717) is 11.5 Å². The molecule has 0 saturated heterocycles. The van der Waals surface area contributed by atoms with Crippen molar-refractivity contribution >= 4 is 77.0 Å². The van der Waals surface area contributed by atoms with E-state index < -0.39 is 23.6 Å². The highest BCUT2D eigenvalue weighted by molar-refractivity contribution is 9.11. The number of rotatable bonds is 10. The number of nitrogens with one attached hydrogen (secondary N) is 4. The van der Waals surface area contributed by atoms with Gasteiger partial charge in [-0.1, -0.05) is 60.7 Å². The lowest BCUT2D eigenvalue weighted by atomic mass is 10.1. The average molecular weight is 686 g/mol. The number of carbonyl (C=O) groups excluding carboxylic acids is 4. The van der Waals surface area contributed by atoms with E-state index >= 15 is 0 Å². The molecule has 4 aromatic carbocycles. The van der Waals surface area contributed by atoms with Crippen LogP contribution in [0.4, 0.5) is 0 Å². The van der Waals surface area contributed by atoms with Gasteiger partial charge in [-0.3, -0.25) is 40.9 Å². The van der Waals surface area contributed by atoms with Crippen molar-refractivity contribution in [3.63, 3.8) is 0 Å². The molecule has 0 unspecified atom stereocenters. The first kappa shape index (κ1) is 29.8. The van der Waals surface area contributed by atoms with Crippen LogP contribution in [-0.4, -0.2) is 36.8 Å². The number of ether oxygens (including phenoxy) is 2. The van der Waals surface area contributed by atoms with Crippen LogP contribution in [0.5, 0.6) is 11.5 Å². The molecule has 4 N–H and O–H groups in total. The Kier molecular flexibility index (Phi) is 10.5. The Balaban J connectivity index is 1.08. The highest BCUT2D eigenvalue weighted by atomic mass is 79.9. The van der Waals surface area contributed by atoms with E-state index in [9.17, 15) is 19.2 Å². The molecule has 0 bridgehead atoms. The lowest BCUT2D eigenvalue weighted by molar-refractivity contribution is -0.131. The molecule has 212 valence electrons. The molecule has 0 aliphatic heterocycles. The first-order valence-corrected chi connectivity index (χ1v) is 14.2. The van der Waals surface area contributed by atoms with E-state index in [1.54, 1.807) is 12.1 Å². The maximum absolute atomic E-state index is 12.1. The Labute approximate surface area is 252 Å². The summed E-state index contributed by atoms with van der Waals surface area (Å²) < 4.78 is 12.6. The Bertz CT molecular complexity index is 1480. The summed E-state index contributed by atoms with van der Waals surface area (Å²) >= 11 is 6.98. The minimum Gasteiger partial charge on any atom is -0.483 e. The molecular weight excluding hydrogens is 660 g/mol. The number of hydrazine groups is 2. The van der Waals surface area contributed by atoms with Crippen LogP contribution in [-0.2, 0) is 19.2 Å². The number of fused-ring (bicyclic) bond motifs is 2. The Hall–Kier alpha value is -4.16. The second kappa shape index (κ2) is 14.5. The van der Waals surface area contributed by atoms with Gasteiger partial charge in [-0.05, 0) is 72.0 Å². The zero-order chi connectivity index (χ0) is 29.2. The molecule has 0 aliphatic carbocycles. The van der Waals surface area contributed by atoms with Crippen LogP contribution in [0.2, 0.25) is 0 Å². The number of hydrogen-bond donors (Lipinski definition) is 4. The van der Waals surface area contributed by atoms with Crippen LogP contribution in [0.3, 0.4) is 0 Å². The molecule has 4 amide bonds. The molecule has 0 atom stereocenters. The molecule has 0 aliphatic rings. The summed E-state index contributed by atoms with van der Waals surface area (Å²) in [7, 11) is 0. The van der Waals surface area contributed by atoms with Crippen LogP contribution in [0, 0.1) is 0 Å². The molecule has 4 aromatic rings. The molecule has 0 spiro atoms. The van der Waals surface area contributed by atoms with Gasteiger partial charge >= 0.3 is 0 Å². The summed E-state index contributed by atoms with van der Waals surface area (Å²) in [6, 6.07) is 22.7. The third kappa shape index (κ3) is 8.41. The topological polar surface area (TPSA) is 135 Å². The fourth-order valence-electron chi connectivity index (χ4n) is 3.82. The highest BCUT2D eigenvalue weighted by Gasteiger charge is 2.12. The Morgan fingerprint density at radius 2 is 0.927 bits per heavy atom. The lowest BCUT2D eigenvalue weighted by Crippen LogP contribution is -2.44. The smallest absolute Gasteiger partial charge is 0.276 e. The van der Waals surface area contributed by atoms with Crippen LogP contribution in [0.15, 0.2) is 81.7 Å². The Morgan fingerprint density at radius 1 is 0.537 bits per heavy atom. The van der Waals surface area contributed by atoms with Crippen LogP contribution in [0.1, 0.15) is 19.3 Å². The summed E-state index contributed by atoms with van der Waals surface area (Å²) in [5, 5.41) is 3.95. The van der Waals surface area contributed by atoms with Gasteiger partial charge in [0.05, 0.1) is 8.95 Å². The molecular formula is C29H26Br2N4O6. The average Bonchev–Trinajstić information content (AvgIpc) is 2.98. The van der Waals surface area contributed by atoms with Gasteiger partial charge in [-0.25, -0.2) is 0 Å². The van der Waals surface area contributed by atoms with Gasteiger partial charge in [-0.15, -0.1) is 0 Å². The largest absolute Gasteiger partial charge is 0.483 e. The van der Waals surface area contributed by atoms with Crippen molar-refractivity contribution in [2.45, 2.75) is 19.3 Å². The van der Waals surface area contributed by atoms with Gasteiger partial charge in [0.1, 0.15) is 11.5 Å². The summed E-state index contributed by atoms with van der Waals surface area (Å²) in [5.74, 6) is -1.05. The van der Waals surface area contributed by atoms with Crippen molar-refractivity contribution in [1.82, 2.24) is 21.7 Å². The van der Waals surface area contributed by atoms with E-state index in [1.165, 1.54) is 0 Å². The van der Waals surface area contributed by atoms with E-state index in [-0.39, 0.29) is 32.5 Å². The molecule has 10 nitrogen and oxygen atoms in total. The first-order valence-electron chi connectivity index (χ1n) is 12.6. The summed E-state index contributed by atoms with van der Waals surface area (Å²) in [5.41, 5.74) is 9.12. The monoisotopic (exact) mass is 684 g/mol. The highest BCUT2D eigenvalue weighted by Crippen LogP contribution is 2.34. The van der Waals surface area contributed by atoms with Gasteiger partial charge in [0, 0.05) is 12.8 Å². The minimum absolute atomic E-state index is 0.0160. The van der Waals surface area contributed by atoms with Crippen LogP contribution >= 0.6 is 31.9 Å². The van der Waals surface area contributed by atoms with Crippen molar-refractivity contribution in [2.24, 2.45) is 0 Å². The third-order valence-electron chi connectivity index (χ3n) is 5.86. The van der Waals surface area contributed by atoms with E-state index in [4.69, 9.17) is 9.47 Å². The van der Waals surface area contributed by atoms with E-state index in [1.807, 2.05) is 60.7 Å². The third-order valence-corrected chi connectivity index (χ3v) is 7.50. The van der Waals surface area contributed by atoms with E-state index in [2.05, 4.69) is 53.6 Å². The first-order chi connectivity index (χ1) is 19.8. The number of carbonyl (C=O) groups is 4. The molecule has 12 heteroatoms. The number of hydrogen-bond acceptors (Lipinski definition) is 6. The van der Waals surface area contributed by atoms with E-state index in [0.717, 1.165) is 30.5 Å². The molecule has 0 radical (unpaired) electrons. The maximum atomic E-state index is 12.1. The fourth-order valence-corrected chi connectivity index (χ4v) is 5.04. The fraction of sp³-hybridized carbons (Fsp3) is 0.172. The molecule has 4 rings (SSSR count). The zero-order valence-corrected chi connectivity index (χ0v) is 24.8. The number of benzene rings is 4. The molecule has 0 aromatic heterocycles. The van der Waals surface area contributed by atoms with Gasteiger partial charge in [0.2, 0.25) is 11.8 Å². The predicted molar refractivity (Wildman–Crippen MR) is 161 cm³/mol. The number of halogens is 2. The van der Waals surface area contributed by atoms with Gasteiger partial charge < -0.3 is 9.47 Å². The SMILES string of the molecule is O=C(CCCC(=O)NNC(=O)COc1ccc2ccccc2c1Br)NNC(=O)COc1ccc2ccccc2c1Br. The number of amides is 4. The van der Waals surface area contributed by atoms with Gasteiger partial charge in [0.25, 0.3) is 11.8 Å². The van der Waals surface area contributed by atoms with Crippen molar-refractivity contribution in [2.75, 3.05) is 13.2 Å².